The van der Waals surface area contributed by atoms with E-state index in [0.717, 1.165) is 10.1 Å². The maximum absolute atomic E-state index is 12.9. The molecule has 0 radical (unpaired) electrons. The van der Waals surface area contributed by atoms with E-state index in [1.807, 2.05) is 30.3 Å². The molecule has 0 unspecified atom stereocenters. The summed E-state index contributed by atoms with van der Waals surface area (Å²) < 4.78 is 6.42. The van der Waals surface area contributed by atoms with Crippen molar-refractivity contribution < 1.29 is 23.9 Å². The van der Waals surface area contributed by atoms with Crippen molar-refractivity contribution in [3.05, 3.63) is 124 Å². The first-order chi connectivity index (χ1) is 20.4. The quantitative estimate of drug-likeness (QED) is 0.0686. The van der Waals surface area contributed by atoms with Gasteiger partial charge in [-0.2, -0.15) is 5.10 Å². The lowest BCUT2D eigenvalue weighted by molar-refractivity contribution is -0.136. The number of fused-ring (bicyclic) bond motifs is 1. The van der Waals surface area contributed by atoms with Crippen molar-refractivity contribution in [1.82, 2.24) is 5.43 Å². The molecule has 0 bridgehead atoms. The number of amides is 3. The Morgan fingerprint density at radius 3 is 2.26 bits per heavy atom. The van der Waals surface area contributed by atoms with Gasteiger partial charge in [0.05, 0.1) is 22.5 Å². The highest BCUT2D eigenvalue weighted by atomic mass is 35.5. The van der Waals surface area contributed by atoms with Crippen molar-refractivity contribution in [2.75, 3.05) is 10.6 Å². The SMILES string of the molecule is O=C(NN=Cc1ccccc1OC(=O)c1sc2ccccc2c1Cl)C(=O)Nc1ccccc1C(=O)Nc1ccccc1. The minimum Gasteiger partial charge on any atom is -0.422 e. The van der Waals surface area contributed by atoms with Crippen LogP contribution >= 0.6 is 22.9 Å². The van der Waals surface area contributed by atoms with Crippen LogP contribution < -0.4 is 20.8 Å². The summed E-state index contributed by atoms with van der Waals surface area (Å²) in [6, 6.07) is 29.0. The second kappa shape index (κ2) is 12.9. The monoisotopic (exact) mass is 596 g/mol. The molecule has 0 spiro atoms. The minimum absolute atomic E-state index is 0.146. The van der Waals surface area contributed by atoms with E-state index in [4.69, 9.17) is 16.3 Å². The molecule has 42 heavy (non-hydrogen) atoms. The fourth-order valence-electron chi connectivity index (χ4n) is 3.87. The molecule has 11 heteroatoms. The molecule has 1 heterocycles. The molecule has 208 valence electrons. The lowest BCUT2D eigenvalue weighted by Crippen LogP contribution is -2.33. The molecule has 3 amide bonds. The number of carbonyl (C=O) groups is 4. The molecular weight excluding hydrogens is 576 g/mol. The maximum atomic E-state index is 12.9. The highest BCUT2D eigenvalue weighted by Crippen LogP contribution is 2.36. The van der Waals surface area contributed by atoms with Gasteiger partial charge in [-0.05, 0) is 42.5 Å². The number of para-hydroxylation sites is 3. The predicted octanol–water partition coefficient (Wildman–Crippen LogP) is 6.12. The zero-order valence-corrected chi connectivity index (χ0v) is 23.2. The summed E-state index contributed by atoms with van der Waals surface area (Å²) in [5.74, 6) is -3.03. The van der Waals surface area contributed by atoms with E-state index in [9.17, 15) is 19.2 Å². The number of halogens is 1. The van der Waals surface area contributed by atoms with Gasteiger partial charge < -0.3 is 15.4 Å². The van der Waals surface area contributed by atoms with Crippen molar-refractivity contribution in [3.63, 3.8) is 0 Å². The summed E-state index contributed by atoms with van der Waals surface area (Å²) >= 11 is 7.62. The van der Waals surface area contributed by atoms with Gasteiger partial charge in [-0.3, -0.25) is 14.4 Å². The number of hydrogen-bond donors (Lipinski definition) is 3. The van der Waals surface area contributed by atoms with E-state index in [0.29, 0.717) is 16.3 Å². The molecule has 0 saturated heterocycles. The first-order valence-corrected chi connectivity index (χ1v) is 13.7. The maximum Gasteiger partial charge on any atom is 0.355 e. The molecule has 0 saturated carbocycles. The van der Waals surface area contributed by atoms with E-state index in [-0.39, 0.29) is 21.9 Å². The van der Waals surface area contributed by atoms with Crippen LogP contribution in [0, 0.1) is 0 Å². The fraction of sp³-hybridized carbons (Fsp3) is 0. The number of rotatable bonds is 7. The van der Waals surface area contributed by atoms with Crippen LogP contribution in [-0.2, 0) is 9.59 Å². The Hall–Kier alpha value is -5.32. The third-order valence-corrected chi connectivity index (χ3v) is 7.52. The molecule has 0 fully saturated rings. The van der Waals surface area contributed by atoms with Crippen LogP contribution in [0.4, 0.5) is 11.4 Å². The number of carbonyl (C=O) groups excluding carboxylic acids is 4. The molecule has 0 atom stereocenters. The number of benzene rings is 4. The van der Waals surface area contributed by atoms with Gasteiger partial charge in [0.2, 0.25) is 0 Å². The Labute approximate surface area is 248 Å². The molecule has 1 aromatic heterocycles. The number of thiophene rings is 1. The summed E-state index contributed by atoms with van der Waals surface area (Å²) in [5.41, 5.74) is 3.39. The summed E-state index contributed by atoms with van der Waals surface area (Å²) in [5, 5.41) is 10.1. The van der Waals surface area contributed by atoms with E-state index in [2.05, 4.69) is 21.2 Å². The number of nitrogens with zero attached hydrogens (tertiary/aromatic N) is 1. The molecule has 0 aliphatic rings. The van der Waals surface area contributed by atoms with Gasteiger partial charge in [-0.15, -0.1) is 11.3 Å². The smallest absolute Gasteiger partial charge is 0.355 e. The van der Waals surface area contributed by atoms with E-state index < -0.39 is 23.7 Å². The number of hydrazone groups is 1. The van der Waals surface area contributed by atoms with Crippen molar-refractivity contribution in [2.45, 2.75) is 0 Å². The third kappa shape index (κ3) is 6.52. The highest BCUT2D eigenvalue weighted by molar-refractivity contribution is 7.21. The van der Waals surface area contributed by atoms with Gasteiger partial charge in [-0.1, -0.05) is 72.3 Å². The molecular formula is C31H21ClN4O5S. The molecule has 9 nitrogen and oxygen atoms in total. The van der Waals surface area contributed by atoms with Crippen LogP contribution in [0.15, 0.2) is 108 Å². The predicted molar refractivity (Wildman–Crippen MR) is 163 cm³/mol. The van der Waals surface area contributed by atoms with Crippen molar-refractivity contribution >= 4 is 74.3 Å². The lowest BCUT2D eigenvalue weighted by Gasteiger charge is -2.11. The van der Waals surface area contributed by atoms with Gasteiger partial charge in [0.25, 0.3) is 5.91 Å². The van der Waals surface area contributed by atoms with E-state index in [1.54, 1.807) is 60.7 Å². The van der Waals surface area contributed by atoms with Crippen LogP contribution in [0.25, 0.3) is 10.1 Å². The summed E-state index contributed by atoms with van der Waals surface area (Å²) in [6.45, 7) is 0. The number of anilines is 2. The zero-order valence-electron chi connectivity index (χ0n) is 21.7. The summed E-state index contributed by atoms with van der Waals surface area (Å²) in [6.07, 6.45) is 1.24. The van der Waals surface area contributed by atoms with Gasteiger partial charge in [0.1, 0.15) is 10.6 Å². The van der Waals surface area contributed by atoms with Crippen molar-refractivity contribution in [2.24, 2.45) is 5.10 Å². The number of hydrogen-bond acceptors (Lipinski definition) is 7. The van der Waals surface area contributed by atoms with Gasteiger partial charge in [0.15, 0.2) is 0 Å². The normalized spacial score (nSPS) is 10.8. The van der Waals surface area contributed by atoms with Gasteiger partial charge in [-0.25, -0.2) is 10.2 Å². The van der Waals surface area contributed by atoms with Crippen molar-refractivity contribution in [1.29, 1.82) is 0 Å². The molecule has 3 N–H and O–H groups in total. The Kier molecular flexibility index (Phi) is 8.67. The number of ether oxygens (including phenoxy) is 1. The van der Waals surface area contributed by atoms with Crippen LogP contribution in [0.2, 0.25) is 5.02 Å². The molecule has 0 aliphatic heterocycles. The summed E-state index contributed by atoms with van der Waals surface area (Å²) in [7, 11) is 0. The first kappa shape index (κ1) is 28.2. The number of nitrogens with one attached hydrogen (secondary N) is 3. The topological polar surface area (TPSA) is 126 Å². The Morgan fingerprint density at radius 1 is 0.762 bits per heavy atom. The third-order valence-electron chi connectivity index (χ3n) is 5.87. The Balaban J connectivity index is 1.22. The molecule has 4 aromatic carbocycles. The molecule has 5 rings (SSSR count). The van der Waals surface area contributed by atoms with Crippen LogP contribution in [0.1, 0.15) is 25.6 Å². The standard InChI is InChI=1S/C31H21ClN4O5S/c32-26-22-14-6-9-17-25(22)42-27(26)31(40)41-24-16-8-4-10-19(24)18-33-36-30(39)29(38)35-23-15-7-5-13-21(23)28(37)34-20-11-2-1-3-12-20/h1-18H,(H,34,37)(H,35,38)(H,36,39). The van der Waals surface area contributed by atoms with Crippen LogP contribution in [-0.4, -0.2) is 29.9 Å². The molecule has 5 aromatic rings. The summed E-state index contributed by atoms with van der Waals surface area (Å²) in [4.78, 5) is 50.9. The first-order valence-electron chi connectivity index (χ1n) is 12.5. The Bertz CT molecular complexity index is 1840. The number of esters is 1. The van der Waals surface area contributed by atoms with E-state index in [1.165, 1.54) is 29.7 Å². The Morgan fingerprint density at radius 2 is 1.45 bits per heavy atom. The lowest BCUT2D eigenvalue weighted by atomic mass is 10.1. The second-order valence-corrected chi connectivity index (χ2v) is 10.1. The minimum atomic E-state index is -1.07. The largest absolute Gasteiger partial charge is 0.422 e. The van der Waals surface area contributed by atoms with Crippen molar-refractivity contribution in [3.8, 4) is 5.75 Å². The zero-order chi connectivity index (χ0) is 29.5. The van der Waals surface area contributed by atoms with E-state index >= 15 is 0 Å². The van der Waals surface area contributed by atoms with Gasteiger partial charge in [0, 0.05) is 21.3 Å². The second-order valence-electron chi connectivity index (χ2n) is 8.69. The van der Waals surface area contributed by atoms with Gasteiger partial charge >= 0.3 is 17.8 Å². The average molecular weight is 597 g/mol. The van der Waals surface area contributed by atoms with Crippen LogP contribution in [0.3, 0.4) is 0 Å². The molecule has 0 aliphatic carbocycles. The fourth-order valence-corrected chi connectivity index (χ4v) is 5.26. The van der Waals surface area contributed by atoms with Crippen LogP contribution in [0.5, 0.6) is 5.75 Å². The highest BCUT2D eigenvalue weighted by Gasteiger charge is 2.20. The average Bonchev–Trinajstić information content (AvgIpc) is 3.35.